The maximum Gasteiger partial charge on any atom is 0.264 e. The number of ether oxygens (including phenoxy) is 2. The Morgan fingerprint density at radius 2 is 1.69 bits per heavy atom. The highest BCUT2D eigenvalue weighted by atomic mass is 32.1. The summed E-state index contributed by atoms with van der Waals surface area (Å²) in [5, 5.41) is 5.79. The number of fused-ring (bicyclic) bond motifs is 1. The molecule has 162 valence electrons. The molecule has 0 spiro atoms. The van der Waals surface area contributed by atoms with Crippen LogP contribution in [-0.2, 0) is 0 Å². The van der Waals surface area contributed by atoms with Crippen molar-refractivity contribution in [2.24, 2.45) is 0 Å². The number of thiocarbonyl (C=S) groups is 1. The summed E-state index contributed by atoms with van der Waals surface area (Å²) in [5.74, 6) is 0.867. The van der Waals surface area contributed by atoms with E-state index in [0.717, 1.165) is 11.1 Å². The fourth-order valence-electron chi connectivity index (χ4n) is 3.23. The second kappa shape index (κ2) is 9.07. The predicted octanol–water partition coefficient (Wildman–Crippen LogP) is 4.95. The number of hydrogen-bond donors (Lipinski definition) is 2. The van der Waals surface area contributed by atoms with Crippen LogP contribution in [0, 0.1) is 6.92 Å². The van der Waals surface area contributed by atoms with Gasteiger partial charge in [-0.1, -0.05) is 23.8 Å². The minimum absolute atomic E-state index is 0.129. The summed E-state index contributed by atoms with van der Waals surface area (Å²) in [6.07, 6.45) is 0. The number of carbonyl (C=O) groups is 1. The summed E-state index contributed by atoms with van der Waals surface area (Å²) in [6, 6.07) is 18.5. The molecule has 0 saturated heterocycles. The number of hydrogen-bond acceptors (Lipinski definition) is 6. The number of rotatable bonds is 5. The number of aryl methyl sites for hydroxylation is 1. The minimum Gasteiger partial charge on any atom is -0.496 e. The van der Waals surface area contributed by atoms with Crippen molar-refractivity contribution in [1.29, 1.82) is 0 Å². The average Bonchev–Trinajstić information content (AvgIpc) is 3.22. The summed E-state index contributed by atoms with van der Waals surface area (Å²) < 4.78 is 16.4. The van der Waals surface area contributed by atoms with Gasteiger partial charge in [-0.25, -0.2) is 4.98 Å². The largest absolute Gasteiger partial charge is 0.496 e. The van der Waals surface area contributed by atoms with Crippen LogP contribution < -0.4 is 20.1 Å². The molecule has 0 unspecified atom stereocenters. The standard InChI is InChI=1S/C24H21N3O4S/c1-14-7-9-15(10-8-14)23-26-17-13-16(11-12-18(17)31-23)25-24(32)27-22(28)21-19(29-2)5-4-6-20(21)30-3/h4-13H,1-3H3,(H2,25,27,28,32). The Bertz CT molecular complexity index is 1280. The van der Waals surface area contributed by atoms with E-state index in [1.807, 2.05) is 31.2 Å². The molecule has 4 rings (SSSR count). The number of aromatic nitrogens is 1. The van der Waals surface area contributed by atoms with E-state index >= 15 is 0 Å². The number of anilines is 1. The Labute approximate surface area is 190 Å². The van der Waals surface area contributed by atoms with Crippen LogP contribution in [0.5, 0.6) is 11.5 Å². The molecule has 7 nitrogen and oxygen atoms in total. The van der Waals surface area contributed by atoms with Crippen molar-refractivity contribution in [1.82, 2.24) is 10.3 Å². The molecule has 0 atom stereocenters. The maximum absolute atomic E-state index is 12.8. The lowest BCUT2D eigenvalue weighted by atomic mass is 10.1. The lowest BCUT2D eigenvalue weighted by Gasteiger charge is -2.14. The first-order valence-electron chi connectivity index (χ1n) is 9.79. The normalized spacial score (nSPS) is 10.6. The van der Waals surface area contributed by atoms with E-state index in [9.17, 15) is 4.79 Å². The fourth-order valence-corrected chi connectivity index (χ4v) is 3.44. The van der Waals surface area contributed by atoms with E-state index in [1.54, 1.807) is 36.4 Å². The third-order valence-corrected chi connectivity index (χ3v) is 5.03. The van der Waals surface area contributed by atoms with Crippen molar-refractivity contribution >= 4 is 40.0 Å². The molecular formula is C24H21N3O4S. The summed E-state index contributed by atoms with van der Waals surface area (Å²) >= 11 is 5.32. The lowest BCUT2D eigenvalue weighted by Crippen LogP contribution is -2.34. The van der Waals surface area contributed by atoms with Crippen LogP contribution in [0.2, 0.25) is 0 Å². The molecule has 32 heavy (non-hydrogen) atoms. The van der Waals surface area contributed by atoms with Gasteiger partial charge in [-0.05, 0) is 61.6 Å². The van der Waals surface area contributed by atoms with Gasteiger partial charge in [0.05, 0.1) is 14.2 Å². The lowest BCUT2D eigenvalue weighted by molar-refractivity contribution is 0.0971. The third kappa shape index (κ3) is 4.40. The van der Waals surface area contributed by atoms with Gasteiger partial charge in [0.25, 0.3) is 5.91 Å². The van der Waals surface area contributed by atoms with Gasteiger partial charge in [0.1, 0.15) is 22.6 Å². The molecule has 8 heteroatoms. The van der Waals surface area contributed by atoms with E-state index in [2.05, 4.69) is 15.6 Å². The molecule has 1 heterocycles. The van der Waals surface area contributed by atoms with Crippen LogP contribution in [-0.4, -0.2) is 30.2 Å². The van der Waals surface area contributed by atoms with Gasteiger partial charge in [-0.15, -0.1) is 0 Å². The van der Waals surface area contributed by atoms with E-state index in [1.165, 1.54) is 14.2 Å². The maximum atomic E-state index is 12.8. The van der Waals surface area contributed by atoms with Gasteiger partial charge in [0.2, 0.25) is 5.89 Å². The van der Waals surface area contributed by atoms with Crippen molar-refractivity contribution in [3.63, 3.8) is 0 Å². The van der Waals surface area contributed by atoms with Crippen molar-refractivity contribution in [3.8, 4) is 23.0 Å². The Morgan fingerprint density at radius 3 is 2.34 bits per heavy atom. The van der Waals surface area contributed by atoms with E-state index in [-0.39, 0.29) is 10.7 Å². The highest BCUT2D eigenvalue weighted by molar-refractivity contribution is 7.80. The number of carbonyl (C=O) groups excluding carboxylic acids is 1. The zero-order valence-electron chi connectivity index (χ0n) is 17.8. The Morgan fingerprint density at radius 1 is 1.00 bits per heavy atom. The van der Waals surface area contributed by atoms with Crippen LogP contribution in [0.15, 0.2) is 65.1 Å². The van der Waals surface area contributed by atoms with E-state index in [0.29, 0.717) is 34.2 Å². The predicted molar refractivity (Wildman–Crippen MR) is 127 cm³/mol. The van der Waals surface area contributed by atoms with Crippen molar-refractivity contribution < 1.29 is 18.7 Å². The van der Waals surface area contributed by atoms with Crippen molar-refractivity contribution in [2.45, 2.75) is 6.92 Å². The number of nitrogens with one attached hydrogen (secondary N) is 2. The molecule has 0 saturated carbocycles. The molecule has 0 aliphatic carbocycles. The monoisotopic (exact) mass is 447 g/mol. The third-order valence-electron chi connectivity index (χ3n) is 4.83. The first-order chi connectivity index (χ1) is 15.5. The quantitative estimate of drug-likeness (QED) is 0.419. The Hall–Kier alpha value is -3.91. The SMILES string of the molecule is COc1cccc(OC)c1C(=O)NC(=S)Nc1ccc2oc(-c3ccc(C)cc3)nc2c1. The van der Waals surface area contributed by atoms with Crippen LogP contribution in [0.1, 0.15) is 15.9 Å². The molecule has 3 aromatic carbocycles. The molecule has 0 bridgehead atoms. The van der Waals surface area contributed by atoms with Crippen LogP contribution in [0.25, 0.3) is 22.6 Å². The summed E-state index contributed by atoms with van der Waals surface area (Å²) in [7, 11) is 2.97. The number of benzene rings is 3. The number of methoxy groups -OCH3 is 2. The first kappa shape index (κ1) is 21.3. The van der Waals surface area contributed by atoms with Crippen LogP contribution in [0.4, 0.5) is 5.69 Å². The number of nitrogens with zero attached hydrogens (tertiary/aromatic N) is 1. The van der Waals surface area contributed by atoms with Gasteiger partial charge in [-0.2, -0.15) is 0 Å². The van der Waals surface area contributed by atoms with Gasteiger partial charge < -0.3 is 19.2 Å². The summed E-state index contributed by atoms with van der Waals surface area (Å²) in [4.78, 5) is 17.3. The molecule has 1 amide bonds. The van der Waals surface area contributed by atoms with Gasteiger partial charge >= 0.3 is 0 Å². The Kier molecular flexibility index (Phi) is 6.04. The van der Waals surface area contributed by atoms with Gasteiger partial charge in [0, 0.05) is 11.3 Å². The summed E-state index contributed by atoms with van der Waals surface area (Å²) in [5.41, 5.74) is 4.31. The zero-order valence-corrected chi connectivity index (χ0v) is 18.6. The highest BCUT2D eigenvalue weighted by Crippen LogP contribution is 2.28. The number of amides is 1. The van der Waals surface area contributed by atoms with E-state index in [4.69, 9.17) is 26.1 Å². The topological polar surface area (TPSA) is 85.6 Å². The van der Waals surface area contributed by atoms with Gasteiger partial charge in [-0.3, -0.25) is 10.1 Å². The van der Waals surface area contributed by atoms with Crippen molar-refractivity contribution in [3.05, 3.63) is 71.8 Å². The van der Waals surface area contributed by atoms with Crippen LogP contribution >= 0.6 is 12.2 Å². The number of oxazole rings is 1. The fraction of sp³-hybridized carbons (Fsp3) is 0.125. The molecular weight excluding hydrogens is 426 g/mol. The highest BCUT2D eigenvalue weighted by Gasteiger charge is 2.19. The molecule has 0 aliphatic rings. The van der Waals surface area contributed by atoms with Crippen molar-refractivity contribution in [2.75, 3.05) is 19.5 Å². The molecule has 0 radical (unpaired) electrons. The summed E-state index contributed by atoms with van der Waals surface area (Å²) in [6.45, 7) is 2.03. The van der Waals surface area contributed by atoms with E-state index < -0.39 is 5.91 Å². The molecule has 4 aromatic rings. The molecule has 0 fully saturated rings. The smallest absolute Gasteiger partial charge is 0.264 e. The molecule has 0 aliphatic heterocycles. The Balaban J connectivity index is 1.50. The molecule has 1 aromatic heterocycles. The second-order valence-corrected chi connectivity index (χ2v) is 7.42. The minimum atomic E-state index is -0.444. The first-order valence-corrected chi connectivity index (χ1v) is 10.2. The van der Waals surface area contributed by atoms with Gasteiger partial charge in [0.15, 0.2) is 10.7 Å². The zero-order chi connectivity index (χ0) is 22.7. The van der Waals surface area contributed by atoms with Crippen LogP contribution in [0.3, 0.4) is 0 Å². The molecule has 2 N–H and O–H groups in total. The average molecular weight is 448 g/mol. The second-order valence-electron chi connectivity index (χ2n) is 7.01.